The molecular formula is C22H23Cl2NO2. The number of hydrogen-bond acceptors (Lipinski definition) is 3. The minimum Gasteiger partial charge on any atom is -0.488 e. The summed E-state index contributed by atoms with van der Waals surface area (Å²) in [5.74, 6) is 0.806. The average molecular weight is 404 g/mol. The molecule has 3 nitrogen and oxygen atoms in total. The van der Waals surface area contributed by atoms with Gasteiger partial charge in [0.05, 0.1) is 6.61 Å². The average Bonchev–Trinajstić information content (AvgIpc) is 2.68. The Kier molecular flexibility index (Phi) is 6.97. The minimum atomic E-state index is 0.0579. The molecule has 0 spiro atoms. The van der Waals surface area contributed by atoms with Crippen molar-refractivity contribution in [3.63, 3.8) is 0 Å². The van der Waals surface area contributed by atoms with Crippen LogP contribution in [0.3, 0.4) is 0 Å². The van der Waals surface area contributed by atoms with E-state index in [1.54, 1.807) is 6.07 Å². The first kappa shape index (κ1) is 20.0. The van der Waals surface area contributed by atoms with Crippen molar-refractivity contribution in [2.24, 2.45) is 0 Å². The lowest BCUT2D eigenvalue weighted by Gasteiger charge is -2.18. The lowest BCUT2D eigenvalue weighted by Crippen LogP contribution is -2.31. The Morgan fingerprint density at radius 1 is 1.07 bits per heavy atom. The summed E-state index contributed by atoms with van der Waals surface area (Å²) in [5.41, 5.74) is 1.96. The third-order valence-corrected chi connectivity index (χ3v) is 5.26. The van der Waals surface area contributed by atoms with Crippen molar-refractivity contribution in [2.45, 2.75) is 32.5 Å². The molecule has 3 aromatic carbocycles. The van der Waals surface area contributed by atoms with Crippen molar-refractivity contribution in [3.8, 4) is 5.75 Å². The molecule has 0 saturated carbocycles. The molecule has 0 aromatic heterocycles. The second kappa shape index (κ2) is 9.43. The Balaban J connectivity index is 1.87. The number of halogens is 2. The van der Waals surface area contributed by atoms with Crippen molar-refractivity contribution in [3.05, 3.63) is 75.8 Å². The molecule has 3 rings (SSSR count). The van der Waals surface area contributed by atoms with E-state index >= 15 is 0 Å². The Bertz CT molecular complexity index is 910. The second-order valence-corrected chi connectivity index (χ2v) is 7.30. The van der Waals surface area contributed by atoms with Gasteiger partial charge in [-0.15, -0.1) is 0 Å². The predicted octanol–water partition coefficient (Wildman–Crippen LogP) is 5.59. The van der Waals surface area contributed by atoms with Crippen LogP contribution in [0.5, 0.6) is 5.75 Å². The van der Waals surface area contributed by atoms with E-state index in [0.29, 0.717) is 23.2 Å². The summed E-state index contributed by atoms with van der Waals surface area (Å²) in [7, 11) is 0. The molecule has 0 aliphatic carbocycles. The minimum absolute atomic E-state index is 0.0579. The molecule has 0 amide bonds. The van der Waals surface area contributed by atoms with Crippen LogP contribution in [0.2, 0.25) is 10.0 Å². The molecule has 0 radical (unpaired) electrons. The van der Waals surface area contributed by atoms with E-state index in [4.69, 9.17) is 27.9 Å². The highest BCUT2D eigenvalue weighted by molar-refractivity contribution is 6.35. The highest BCUT2D eigenvalue weighted by atomic mass is 35.5. The lowest BCUT2D eigenvalue weighted by molar-refractivity contribution is 0.237. The van der Waals surface area contributed by atoms with Crippen LogP contribution >= 0.6 is 23.2 Å². The molecule has 27 heavy (non-hydrogen) atoms. The second-order valence-electron chi connectivity index (χ2n) is 6.46. The highest BCUT2D eigenvalue weighted by Gasteiger charge is 2.12. The Hall–Kier alpha value is -1.78. The van der Waals surface area contributed by atoms with E-state index in [1.807, 2.05) is 30.3 Å². The first-order valence-corrected chi connectivity index (χ1v) is 9.79. The molecule has 0 aliphatic heterocycles. The van der Waals surface area contributed by atoms with E-state index in [-0.39, 0.29) is 12.6 Å². The molecule has 1 unspecified atom stereocenters. The normalized spacial score (nSPS) is 12.3. The molecule has 5 heteroatoms. The van der Waals surface area contributed by atoms with Gasteiger partial charge in [-0.2, -0.15) is 0 Å². The van der Waals surface area contributed by atoms with Crippen LogP contribution in [-0.4, -0.2) is 17.8 Å². The van der Waals surface area contributed by atoms with Gasteiger partial charge in [-0.3, -0.25) is 0 Å². The van der Waals surface area contributed by atoms with E-state index < -0.39 is 0 Å². The van der Waals surface area contributed by atoms with Crippen molar-refractivity contribution < 1.29 is 9.84 Å². The zero-order valence-electron chi connectivity index (χ0n) is 15.2. The van der Waals surface area contributed by atoms with Gasteiger partial charge in [-0.1, -0.05) is 66.5 Å². The van der Waals surface area contributed by atoms with E-state index in [0.717, 1.165) is 34.1 Å². The summed E-state index contributed by atoms with van der Waals surface area (Å²) >= 11 is 12.2. The smallest absolute Gasteiger partial charge is 0.124 e. The third kappa shape index (κ3) is 4.94. The quantitative estimate of drug-likeness (QED) is 0.515. The largest absolute Gasteiger partial charge is 0.488 e. The summed E-state index contributed by atoms with van der Waals surface area (Å²) in [5, 5.41) is 16.4. The van der Waals surface area contributed by atoms with Gasteiger partial charge in [-0.25, -0.2) is 0 Å². The van der Waals surface area contributed by atoms with E-state index in [9.17, 15) is 5.11 Å². The Morgan fingerprint density at radius 3 is 2.63 bits per heavy atom. The van der Waals surface area contributed by atoms with Gasteiger partial charge < -0.3 is 15.2 Å². The molecule has 2 N–H and O–H groups in total. The molecule has 1 atom stereocenters. The number of nitrogens with one attached hydrogen (secondary N) is 1. The van der Waals surface area contributed by atoms with Crippen LogP contribution in [0.15, 0.2) is 54.6 Å². The number of benzene rings is 3. The van der Waals surface area contributed by atoms with Crippen LogP contribution in [0, 0.1) is 0 Å². The summed E-state index contributed by atoms with van der Waals surface area (Å²) in [6, 6.07) is 17.7. The zero-order valence-corrected chi connectivity index (χ0v) is 16.7. The first-order valence-electron chi connectivity index (χ1n) is 9.04. The molecular weight excluding hydrogens is 381 g/mol. The zero-order chi connectivity index (χ0) is 19.2. The molecule has 0 aliphatic rings. The highest BCUT2D eigenvalue weighted by Crippen LogP contribution is 2.30. The van der Waals surface area contributed by atoms with Crippen LogP contribution in [0.1, 0.15) is 24.5 Å². The van der Waals surface area contributed by atoms with Crippen molar-refractivity contribution in [2.75, 3.05) is 6.61 Å². The SMILES string of the molecule is CCC(CO)NCc1c(OCc2ccc(Cl)cc2Cl)ccc2ccccc12. The summed E-state index contributed by atoms with van der Waals surface area (Å²) in [6.07, 6.45) is 0.859. The molecule has 0 fully saturated rings. The number of ether oxygens (including phenoxy) is 1. The summed E-state index contributed by atoms with van der Waals surface area (Å²) in [6.45, 7) is 3.14. The molecule has 0 saturated heterocycles. The Morgan fingerprint density at radius 2 is 1.89 bits per heavy atom. The molecule has 0 bridgehead atoms. The van der Waals surface area contributed by atoms with E-state index in [2.05, 4.69) is 30.4 Å². The first-order chi connectivity index (χ1) is 13.1. The van der Waals surface area contributed by atoms with Gasteiger partial charge in [0.2, 0.25) is 0 Å². The van der Waals surface area contributed by atoms with Gasteiger partial charge in [0.15, 0.2) is 0 Å². The number of aliphatic hydroxyl groups excluding tert-OH is 1. The van der Waals surface area contributed by atoms with Crippen LogP contribution < -0.4 is 10.1 Å². The van der Waals surface area contributed by atoms with Crippen molar-refractivity contribution in [1.82, 2.24) is 5.32 Å². The van der Waals surface area contributed by atoms with Gasteiger partial charge >= 0.3 is 0 Å². The molecule has 142 valence electrons. The van der Waals surface area contributed by atoms with Gasteiger partial charge in [-0.05, 0) is 35.4 Å². The van der Waals surface area contributed by atoms with Gasteiger partial charge in [0, 0.05) is 33.8 Å². The van der Waals surface area contributed by atoms with Crippen molar-refractivity contribution >= 4 is 34.0 Å². The standard InChI is InChI=1S/C22H23Cl2NO2/c1-2-18(13-26)25-12-20-19-6-4-3-5-15(19)8-10-22(20)27-14-16-7-9-17(23)11-21(16)24/h3-11,18,25-26H,2,12-14H2,1H3. The maximum Gasteiger partial charge on any atom is 0.124 e. The number of rotatable bonds is 8. The fourth-order valence-corrected chi connectivity index (χ4v) is 3.48. The summed E-state index contributed by atoms with van der Waals surface area (Å²) < 4.78 is 6.12. The predicted molar refractivity (Wildman–Crippen MR) is 113 cm³/mol. The van der Waals surface area contributed by atoms with Crippen LogP contribution in [0.4, 0.5) is 0 Å². The fourth-order valence-electron chi connectivity index (χ4n) is 3.01. The topological polar surface area (TPSA) is 41.5 Å². The van der Waals surface area contributed by atoms with Gasteiger partial charge in [0.25, 0.3) is 0 Å². The Labute approximate surface area is 169 Å². The lowest BCUT2D eigenvalue weighted by atomic mass is 10.0. The fraction of sp³-hybridized carbons (Fsp3) is 0.273. The molecule has 0 heterocycles. The maximum atomic E-state index is 9.47. The molecule has 3 aromatic rings. The van der Waals surface area contributed by atoms with E-state index in [1.165, 1.54) is 0 Å². The number of fused-ring (bicyclic) bond motifs is 1. The van der Waals surface area contributed by atoms with Crippen LogP contribution in [-0.2, 0) is 13.2 Å². The van der Waals surface area contributed by atoms with Crippen molar-refractivity contribution in [1.29, 1.82) is 0 Å². The maximum absolute atomic E-state index is 9.47. The summed E-state index contributed by atoms with van der Waals surface area (Å²) in [4.78, 5) is 0. The van der Waals surface area contributed by atoms with Gasteiger partial charge in [0.1, 0.15) is 12.4 Å². The third-order valence-electron chi connectivity index (χ3n) is 4.68. The monoisotopic (exact) mass is 403 g/mol. The number of aliphatic hydroxyl groups is 1. The van der Waals surface area contributed by atoms with Crippen LogP contribution in [0.25, 0.3) is 10.8 Å². The number of hydrogen-bond donors (Lipinski definition) is 2.